The van der Waals surface area contributed by atoms with Crippen molar-refractivity contribution in [1.82, 2.24) is 10.2 Å². The third-order valence-electron chi connectivity index (χ3n) is 6.23. The minimum atomic E-state index is -1.20. The molecule has 0 aromatic heterocycles. The van der Waals surface area contributed by atoms with Crippen molar-refractivity contribution < 1.29 is 19.2 Å². The summed E-state index contributed by atoms with van der Waals surface area (Å²) in [5.41, 5.74) is 1.52. The molecule has 2 unspecified atom stereocenters. The van der Waals surface area contributed by atoms with Crippen LogP contribution in [0.1, 0.15) is 21.5 Å². The molecule has 9 heteroatoms. The molecule has 1 fully saturated rings. The number of benzene rings is 2. The molecule has 3 aliphatic rings. The lowest BCUT2D eigenvalue weighted by atomic mass is 9.74. The van der Waals surface area contributed by atoms with Crippen molar-refractivity contribution in [3.63, 3.8) is 0 Å². The van der Waals surface area contributed by atoms with Gasteiger partial charge in [0.1, 0.15) is 5.41 Å². The van der Waals surface area contributed by atoms with E-state index in [9.17, 15) is 24.4 Å². The number of para-hydroxylation sites is 1. The van der Waals surface area contributed by atoms with E-state index in [1.165, 1.54) is 4.90 Å². The predicted octanol–water partition coefficient (Wildman–Crippen LogP) is 0.741. The highest BCUT2D eigenvalue weighted by atomic mass is 16.2. The monoisotopic (exact) mass is 415 g/mol. The molecule has 2 aromatic carbocycles. The number of fused-ring (bicyclic) bond motifs is 3. The van der Waals surface area contributed by atoms with Gasteiger partial charge in [0, 0.05) is 42.1 Å². The highest BCUT2D eigenvalue weighted by molar-refractivity contribution is 6.40. The van der Waals surface area contributed by atoms with Crippen LogP contribution in [0, 0.1) is 17.2 Å². The van der Waals surface area contributed by atoms with Crippen LogP contribution in [0.4, 0.5) is 11.4 Å². The van der Waals surface area contributed by atoms with Crippen LogP contribution in [0.3, 0.4) is 0 Å². The average Bonchev–Trinajstić information content (AvgIpc) is 3.43. The van der Waals surface area contributed by atoms with Gasteiger partial charge in [-0.15, -0.1) is 0 Å². The maximum atomic E-state index is 12.9. The molecule has 1 spiro atoms. The summed E-state index contributed by atoms with van der Waals surface area (Å²) in [6.45, 7) is 0.170. The third kappa shape index (κ3) is 2.61. The lowest BCUT2D eigenvalue weighted by Crippen LogP contribution is -2.44. The zero-order valence-corrected chi connectivity index (χ0v) is 16.3. The first-order chi connectivity index (χ1) is 15.0. The minimum Gasteiger partial charge on any atom is -0.348 e. The molecule has 3 aliphatic heterocycles. The summed E-state index contributed by atoms with van der Waals surface area (Å²) in [5.74, 6) is -3.07. The first kappa shape index (κ1) is 18.8. The van der Waals surface area contributed by atoms with Gasteiger partial charge < -0.3 is 20.9 Å². The molecule has 2 aromatic rings. The smallest absolute Gasteiger partial charge is 0.313 e. The number of nitrogens with zero attached hydrogens (tertiary/aromatic N) is 2. The van der Waals surface area contributed by atoms with Crippen LogP contribution >= 0.6 is 0 Å². The molecule has 4 amide bonds. The van der Waals surface area contributed by atoms with Crippen molar-refractivity contribution in [3.05, 3.63) is 59.2 Å². The summed E-state index contributed by atoms with van der Waals surface area (Å²) >= 11 is 0. The Balaban J connectivity index is 1.41. The van der Waals surface area contributed by atoms with Gasteiger partial charge in [-0.3, -0.25) is 19.2 Å². The van der Waals surface area contributed by atoms with E-state index in [4.69, 9.17) is 0 Å². The molecule has 1 saturated heterocycles. The van der Waals surface area contributed by atoms with E-state index in [2.05, 4.69) is 22.0 Å². The lowest BCUT2D eigenvalue weighted by molar-refractivity contribution is -0.142. The summed E-state index contributed by atoms with van der Waals surface area (Å²) in [5, 5.41) is 17.8. The molecule has 0 aliphatic carbocycles. The Labute approximate surface area is 177 Å². The quantitative estimate of drug-likeness (QED) is 0.591. The number of anilines is 2. The highest BCUT2D eigenvalue weighted by Crippen LogP contribution is 2.47. The number of hydrogen-bond donors (Lipinski definition) is 3. The van der Waals surface area contributed by atoms with E-state index in [1.54, 1.807) is 42.5 Å². The summed E-state index contributed by atoms with van der Waals surface area (Å²) in [4.78, 5) is 51.6. The van der Waals surface area contributed by atoms with E-state index in [0.29, 0.717) is 28.1 Å². The molecule has 9 nitrogen and oxygen atoms in total. The van der Waals surface area contributed by atoms with E-state index in [1.807, 2.05) is 0 Å². The van der Waals surface area contributed by atoms with Crippen molar-refractivity contribution in [2.75, 3.05) is 23.7 Å². The van der Waals surface area contributed by atoms with Crippen LogP contribution in [-0.4, -0.2) is 41.6 Å². The van der Waals surface area contributed by atoms with Crippen molar-refractivity contribution in [2.24, 2.45) is 5.92 Å². The summed E-state index contributed by atoms with van der Waals surface area (Å²) < 4.78 is 0. The first-order valence-electron chi connectivity index (χ1n) is 9.76. The number of carbonyl (C=O) groups excluding carboxylic acids is 4. The van der Waals surface area contributed by atoms with E-state index in [-0.39, 0.29) is 31.4 Å². The Kier molecular flexibility index (Phi) is 4.05. The number of nitrogens with one attached hydrogen (secondary N) is 3. The fourth-order valence-corrected chi connectivity index (χ4v) is 4.69. The van der Waals surface area contributed by atoms with Crippen LogP contribution < -0.4 is 16.0 Å². The molecular formula is C22H17N5O4. The lowest BCUT2D eigenvalue weighted by Gasteiger charge is -2.24. The SMILES string of the molecule is N#CC1CN(C(=O)C(=O)Nc2cccc3c2CNC3=O)CC12C(=O)Nc1ccccc12. The second-order valence-corrected chi connectivity index (χ2v) is 7.81. The van der Waals surface area contributed by atoms with Gasteiger partial charge in [-0.1, -0.05) is 24.3 Å². The van der Waals surface area contributed by atoms with Crippen molar-refractivity contribution >= 4 is 35.0 Å². The van der Waals surface area contributed by atoms with E-state index < -0.39 is 23.1 Å². The molecule has 0 saturated carbocycles. The van der Waals surface area contributed by atoms with Crippen molar-refractivity contribution in [2.45, 2.75) is 12.0 Å². The fourth-order valence-electron chi connectivity index (χ4n) is 4.69. The number of amides is 4. The molecule has 0 radical (unpaired) electrons. The van der Waals surface area contributed by atoms with Gasteiger partial charge in [-0.05, 0) is 23.8 Å². The summed E-state index contributed by atoms with van der Waals surface area (Å²) in [7, 11) is 0. The Hall–Kier alpha value is -4.19. The van der Waals surface area contributed by atoms with E-state index >= 15 is 0 Å². The zero-order chi connectivity index (χ0) is 21.8. The number of carbonyl (C=O) groups is 4. The molecule has 5 rings (SSSR count). The number of likely N-dealkylation sites (tertiary alicyclic amines) is 1. The Morgan fingerprint density at radius 1 is 1.16 bits per heavy atom. The van der Waals surface area contributed by atoms with Gasteiger partial charge >= 0.3 is 11.8 Å². The molecule has 2 atom stereocenters. The number of rotatable bonds is 1. The van der Waals surface area contributed by atoms with E-state index in [0.717, 1.165) is 0 Å². The molecule has 3 N–H and O–H groups in total. The minimum absolute atomic E-state index is 0.0303. The average molecular weight is 415 g/mol. The van der Waals surface area contributed by atoms with Gasteiger partial charge in [0.2, 0.25) is 5.91 Å². The van der Waals surface area contributed by atoms with Crippen LogP contribution in [0.5, 0.6) is 0 Å². The highest BCUT2D eigenvalue weighted by Gasteiger charge is 2.59. The van der Waals surface area contributed by atoms with Crippen LogP contribution in [0.15, 0.2) is 42.5 Å². The van der Waals surface area contributed by atoms with Gasteiger partial charge in [0.05, 0.1) is 12.0 Å². The van der Waals surface area contributed by atoms with Gasteiger partial charge in [0.25, 0.3) is 5.91 Å². The molecule has 0 bridgehead atoms. The van der Waals surface area contributed by atoms with Gasteiger partial charge in [-0.25, -0.2) is 0 Å². The van der Waals surface area contributed by atoms with Crippen LogP contribution in [0.25, 0.3) is 0 Å². The normalized spacial score (nSPS) is 23.1. The maximum absolute atomic E-state index is 12.9. The topological polar surface area (TPSA) is 131 Å². The maximum Gasteiger partial charge on any atom is 0.313 e. The molecular weight excluding hydrogens is 398 g/mol. The molecule has 31 heavy (non-hydrogen) atoms. The standard InChI is InChI=1S/C22H17N5O4/c23-8-12-10-27(11-22(12)15-5-1-2-6-17(15)26-21(22)31)20(30)19(29)25-16-7-3-4-13-14(16)9-24-18(13)28/h1-7,12H,9-11H2,(H,24,28)(H,25,29)(H,26,31). The fraction of sp³-hybridized carbons (Fsp3) is 0.227. The Bertz CT molecular complexity index is 1220. The first-order valence-corrected chi connectivity index (χ1v) is 9.76. The van der Waals surface area contributed by atoms with Crippen molar-refractivity contribution in [1.29, 1.82) is 5.26 Å². The van der Waals surface area contributed by atoms with Crippen molar-refractivity contribution in [3.8, 4) is 6.07 Å². The largest absolute Gasteiger partial charge is 0.348 e. The summed E-state index contributed by atoms with van der Waals surface area (Å²) in [6.07, 6.45) is 0. The second-order valence-electron chi connectivity index (χ2n) is 7.81. The second kappa shape index (κ2) is 6.67. The van der Waals surface area contributed by atoms with Gasteiger partial charge in [-0.2, -0.15) is 5.26 Å². The third-order valence-corrected chi connectivity index (χ3v) is 6.23. The molecule has 154 valence electrons. The number of nitriles is 1. The van der Waals surface area contributed by atoms with Crippen LogP contribution in [0.2, 0.25) is 0 Å². The predicted molar refractivity (Wildman–Crippen MR) is 109 cm³/mol. The Morgan fingerprint density at radius 2 is 1.97 bits per heavy atom. The number of hydrogen-bond acceptors (Lipinski definition) is 5. The molecule has 3 heterocycles. The summed E-state index contributed by atoms with van der Waals surface area (Å²) in [6, 6.07) is 14.1. The van der Waals surface area contributed by atoms with Gasteiger partial charge in [0.15, 0.2) is 0 Å². The Morgan fingerprint density at radius 3 is 2.77 bits per heavy atom. The zero-order valence-electron chi connectivity index (χ0n) is 16.3. The van der Waals surface area contributed by atoms with Crippen LogP contribution in [-0.2, 0) is 26.3 Å².